The molecule has 0 bridgehead atoms. The van der Waals surface area contributed by atoms with Gasteiger partial charge in [0.25, 0.3) is 0 Å². The molecule has 1 unspecified atom stereocenters. The molecule has 1 aromatic carbocycles. The summed E-state index contributed by atoms with van der Waals surface area (Å²) in [5, 5.41) is 9.09. The predicted molar refractivity (Wildman–Crippen MR) is 83.9 cm³/mol. The van der Waals surface area contributed by atoms with Crippen molar-refractivity contribution in [2.45, 2.75) is 26.3 Å². The maximum Gasteiger partial charge on any atom is 0.227 e. The molecule has 22 heavy (non-hydrogen) atoms. The SMILES string of the molecule is COc1ccc2c(c1)CCN(c1nc(C)cc(C#N)n1)C2C. The normalized spacial score (nSPS) is 16.8. The van der Waals surface area contributed by atoms with Crippen LogP contribution in [0.25, 0.3) is 0 Å². The Balaban J connectivity index is 1.98. The van der Waals surface area contributed by atoms with Gasteiger partial charge in [0.05, 0.1) is 13.2 Å². The third kappa shape index (κ3) is 2.48. The highest BCUT2D eigenvalue weighted by molar-refractivity contribution is 5.47. The van der Waals surface area contributed by atoms with E-state index in [0.29, 0.717) is 11.6 Å². The number of nitrogens with zero attached hydrogens (tertiary/aromatic N) is 4. The van der Waals surface area contributed by atoms with E-state index in [1.54, 1.807) is 13.2 Å². The fourth-order valence-corrected chi connectivity index (χ4v) is 2.95. The summed E-state index contributed by atoms with van der Waals surface area (Å²) in [6.45, 7) is 4.86. The molecular formula is C17H18N4O. The molecule has 1 atom stereocenters. The van der Waals surface area contributed by atoms with Crippen molar-refractivity contribution in [1.82, 2.24) is 9.97 Å². The van der Waals surface area contributed by atoms with Gasteiger partial charge in [-0.25, -0.2) is 9.97 Å². The van der Waals surface area contributed by atoms with Gasteiger partial charge < -0.3 is 9.64 Å². The molecule has 0 amide bonds. The molecule has 0 N–H and O–H groups in total. The Morgan fingerprint density at radius 1 is 1.32 bits per heavy atom. The highest BCUT2D eigenvalue weighted by atomic mass is 16.5. The van der Waals surface area contributed by atoms with Crippen molar-refractivity contribution in [2.24, 2.45) is 0 Å². The number of fused-ring (bicyclic) bond motifs is 1. The molecule has 0 fully saturated rings. The summed E-state index contributed by atoms with van der Waals surface area (Å²) in [5.41, 5.74) is 3.79. The van der Waals surface area contributed by atoms with Crippen LogP contribution < -0.4 is 9.64 Å². The van der Waals surface area contributed by atoms with Crippen molar-refractivity contribution in [1.29, 1.82) is 5.26 Å². The van der Waals surface area contributed by atoms with Crippen molar-refractivity contribution in [3.63, 3.8) is 0 Å². The fourth-order valence-electron chi connectivity index (χ4n) is 2.95. The number of aromatic nitrogens is 2. The van der Waals surface area contributed by atoms with Gasteiger partial charge in [-0.05, 0) is 49.6 Å². The molecule has 1 aliphatic heterocycles. The lowest BCUT2D eigenvalue weighted by molar-refractivity contribution is 0.413. The molecule has 3 rings (SSSR count). The highest BCUT2D eigenvalue weighted by Gasteiger charge is 2.26. The Morgan fingerprint density at radius 3 is 2.86 bits per heavy atom. The molecule has 0 aliphatic carbocycles. The van der Waals surface area contributed by atoms with Crippen LogP contribution in [0, 0.1) is 18.3 Å². The van der Waals surface area contributed by atoms with Gasteiger partial charge in [-0.2, -0.15) is 5.26 Å². The lowest BCUT2D eigenvalue weighted by atomic mass is 9.93. The molecule has 112 valence electrons. The largest absolute Gasteiger partial charge is 0.497 e. The Morgan fingerprint density at radius 2 is 2.14 bits per heavy atom. The van der Waals surface area contributed by atoms with Gasteiger partial charge in [0, 0.05) is 12.2 Å². The third-order valence-corrected chi connectivity index (χ3v) is 4.10. The van der Waals surface area contributed by atoms with Crippen molar-refractivity contribution < 1.29 is 4.74 Å². The summed E-state index contributed by atoms with van der Waals surface area (Å²) in [7, 11) is 1.68. The lowest BCUT2D eigenvalue weighted by Gasteiger charge is -2.35. The van der Waals surface area contributed by atoms with E-state index in [9.17, 15) is 0 Å². The molecule has 5 nitrogen and oxygen atoms in total. The number of aryl methyl sites for hydroxylation is 1. The minimum Gasteiger partial charge on any atom is -0.497 e. The van der Waals surface area contributed by atoms with Crippen LogP contribution in [-0.4, -0.2) is 23.6 Å². The summed E-state index contributed by atoms with van der Waals surface area (Å²) in [6, 6.07) is 10.2. The molecule has 1 aliphatic rings. The van der Waals surface area contributed by atoms with Crippen LogP contribution in [-0.2, 0) is 6.42 Å². The second-order valence-electron chi connectivity index (χ2n) is 5.49. The number of hydrogen-bond donors (Lipinski definition) is 0. The first-order valence-corrected chi connectivity index (χ1v) is 7.31. The first kappa shape index (κ1) is 14.3. The summed E-state index contributed by atoms with van der Waals surface area (Å²) < 4.78 is 5.30. The molecule has 0 saturated carbocycles. The van der Waals surface area contributed by atoms with Gasteiger partial charge in [0.15, 0.2) is 0 Å². The maximum absolute atomic E-state index is 9.09. The Hall–Kier alpha value is -2.61. The number of methoxy groups -OCH3 is 1. The maximum atomic E-state index is 9.09. The number of hydrogen-bond acceptors (Lipinski definition) is 5. The van der Waals surface area contributed by atoms with Gasteiger partial charge >= 0.3 is 0 Å². The Kier molecular flexibility index (Phi) is 3.68. The molecule has 5 heteroatoms. The zero-order chi connectivity index (χ0) is 15.7. The summed E-state index contributed by atoms with van der Waals surface area (Å²) >= 11 is 0. The second-order valence-corrected chi connectivity index (χ2v) is 5.49. The monoisotopic (exact) mass is 294 g/mol. The van der Waals surface area contributed by atoms with Crippen molar-refractivity contribution in [3.05, 3.63) is 46.8 Å². The summed E-state index contributed by atoms with van der Waals surface area (Å²) in [5.74, 6) is 1.52. The van der Waals surface area contributed by atoms with Gasteiger partial charge in [0.1, 0.15) is 17.5 Å². The van der Waals surface area contributed by atoms with Crippen LogP contribution in [0.3, 0.4) is 0 Å². The van der Waals surface area contributed by atoms with Crippen LogP contribution in [0.5, 0.6) is 5.75 Å². The number of ether oxygens (including phenoxy) is 1. The van der Waals surface area contributed by atoms with Gasteiger partial charge in [-0.3, -0.25) is 0 Å². The molecule has 0 saturated heterocycles. The zero-order valence-electron chi connectivity index (χ0n) is 13.0. The number of benzene rings is 1. The Labute approximate surface area is 130 Å². The number of rotatable bonds is 2. The highest BCUT2D eigenvalue weighted by Crippen LogP contribution is 2.33. The first-order valence-electron chi connectivity index (χ1n) is 7.31. The van der Waals surface area contributed by atoms with E-state index < -0.39 is 0 Å². The molecule has 0 radical (unpaired) electrons. The molecule has 1 aromatic heterocycles. The summed E-state index contributed by atoms with van der Waals surface area (Å²) in [6.07, 6.45) is 0.913. The van der Waals surface area contributed by atoms with Crippen molar-refractivity contribution >= 4 is 5.95 Å². The van der Waals surface area contributed by atoms with E-state index in [-0.39, 0.29) is 6.04 Å². The number of anilines is 1. The van der Waals surface area contributed by atoms with Gasteiger partial charge in [0.2, 0.25) is 5.95 Å². The lowest BCUT2D eigenvalue weighted by Crippen LogP contribution is -2.35. The average Bonchev–Trinajstić information content (AvgIpc) is 2.54. The average molecular weight is 294 g/mol. The van der Waals surface area contributed by atoms with Gasteiger partial charge in [-0.1, -0.05) is 6.07 Å². The first-order chi connectivity index (χ1) is 10.6. The van der Waals surface area contributed by atoms with E-state index in [1.807, 2.05) is 13.0 Å². The smallest absolute Gasteiger partial charge is 0.227 e. The standard InChI is InChI=1S/C17H18N4O/c1-11-8-14(10-18)20-17(19-11)21-7-6-13-9-15(22-3)4-5-16(13)12(21)2/h4-5,8-9,12H,6-7H2,1-3H3. The van der Waals surface area contributed by atoms with Gasteiger partial charge in [-0.15, -0.1) is 0 Å². The minimum atomic E-state index is 0.169. The molecular weight excluding hydrogens is 276 g/mol. The van der Waals surface area contributed by atoms with E-state index in [4.69, 9.17) is 10.00 Å². The fraction of sp³-hybridized carbons (Fsp3) is 0.353. The Bertz CT molecular complexity index is 751. The number of nitriles is 1. The van der Waals surface area contributed by atoms with Crippen molar-refractivity contribution in [2.75, 3.05) is 18.6 Å². The van der Waals surface area contributed by atoms with E-state index in [2.05, 4.69) is 40.0 Å². The van der Waals surface area contributed by atoms with E-state index in [0.717, 1.165) is 24.4 Å². The van der Waals surface area contributed by atoms with Crippen LogP contribution >= 0.6 is 0 Å². The van der Waals surface area contributed by atoms with Crippen molar-refractivity contribution in [3.8, 4) is 11.8 Å². The van der Waals surface area contributed by atoms with E-state index in [1.165, 1.54) is 11.1 Å². The zero-order valence-corrected chi connectivity index (χ0v) is 13.0. The summed E-state index contributed by atoms with van der Waals surface area (Å²) in [4.78, 5) is 11.0. The predicted octanol–water partition coefficient (Wildman–Crippen LogP) is 2.79. The molecule has 0 spiro atoms. The molecule has 2 aromatic rings. The van der Waals surface area contributed by atoms with Crippen LogP contribution in [0.1, 0.15) is 35.5 Å². The molecule has 2 heterocycles. The topological polar surface area (TPSA) is 62.0 Å². The minimum absolute atomic E-state index is 0.169. The van der Waals surface area contributed by atoms with Crippen LogP contribution in [0.4, 0.5) is 5.95 Å². The van der Waals surface area contributed by atoms with Crippen LogP contribution in [0.2, 0.25) is 0 Å². The van der Waals surface area contributed by atoms with Crippen LogP contribution in [0.15, 0.2) is 24.3 Å². The quantitative estimate of drug-likeness (QED) is 0.852. The second kappa shape index (κ2) is 5.64. The van der Waals surface area contributed by atoms with E-state index >= 15 is 0 Å². The third-order valence-electron chi connectivity index (χ3n) is 4.10.